The monoisotopic (exact) mass is 303 g/mol. The van der Waals surface area contributed by atoms with Crippen molar-refractivity contribution in [2.24, 2.45) is 0 Å². The molecule has 118 valence electrons. The second kappa shape index (κ2) is 6.48. The summed E-state index contributed by atoms with van der Waals surface area (Å²) >= 11 is 0. The number of hydrogen-bond donors (Lipinski definition) is 1. The van der Waals surface area contributed by atoms with Crippen LogP contribution in [0.3, 0.4) is 0 Å². The molecular formula is C17H21NO4. The lowest BCUT2D eigenvalue weighted by Gasteiger charge is -2.21. The number of carbonyl (C=O) groups excluding carboxylic acids is 1. The number of nitrogens with zero attached hydrogens (tertiary/aromatic N) is 1. The highest BCUT2D eigenvalue weighted by Crippen LogP contribution is 2.31. The number of fused-ring (bicyclic) bond motifs is 1. The molecule has 0 aromatic heterocycles. The average Bonchev–Trinajstić information content (AvgIpc) is 3.15. The van der Waals surface area contributed by atoms with E-state index in [9.17, 15) is 9.59 Å². The molecule has 0 saturated carbocycles. The largest absolute Gasteiger partial charge is 0.481 e. The fourth-order valence-corrected chi connectivity index (χ4v) is 3.23. The van der Waals surface area contributed by atoms with E-state index < -0.39 is 5.97 Å². The zero-order valence-corrected chi connectivity index (χ0v) is 12.6. The number of hydrogen-bond acceptors (Lipinski definition) is 3. The first-order valence-electron chi connectivity index (χ1n) is 7.92. The molecule has 1 N–H and O–H groups in total. The van der Waals surface area contributed by atoms with E-state index in [2.05, 4.69) is 6.07 Å². The van der Waals surface area contributed by atoms with Gasteiger partial charge in [-0.05, 0) is 49.3 Å². The van der Waals surface area contributed by atoms with Gasteiger partial charge in [0.15, 0.2) is 0 Å². The molecule has 1 amide bonds. The highest BCUT2D eigenvalue weighted by atomic mass is 16.5. The maximum atomic E-state index is 12.5. The molecular weight excluding hydrogens is 282 g/mol. The van der Waals surface area contributed by atoms with Crippen LogP contribution in [0.4, 0.5) is 5.69 Å². The third-order valence-corrected chi connectivity index (χ3v) is 4.37. The van der Waals surface area contributed by atoms with Crippen LogP contribution in [-0.2, 0) is 27.2 Å². The molecule has 2 heterocycles. The van der Waals surface area contributed by atoms with Gasteiger partial charge in [-0.15, -0.1) is 0 Å². The predicted molar refractivity (Wildman–Crippen MR) is 82.0 cm³/mol. The first-order chi connectivity index (χ1) is 10.6. The topological polar surface area (TPSA) is 66.8 Å². The molecule has 2 aliphatic heterocycles. The first kappa shape index (κ1) is 15.0. The van der Waals surface area contributed by atoms with Crippen molar-refractivity contribution in [3.63, 3.8) is 0 Å². The Labute approximate surface area is 129 Å². The van der Waals surface area contributed by atoms with Gasteiger partial charge >= 0.3 is 5.97 Å². The normalized spacial score (nSPS) is 20.2. The van der Waals surface area contributed by atoms with Gasteiger partial charge in [-0.1, -0.05) is 12.1 Å². The minimum atomic E-state index is -0.755. The number of anilines is 1. The van der Waals surface area contributed by atoms with Crippen LogP contribution in [-0.4, -0.2) is 36.2 Å². The lowest BCUT2D eigenvalue weighted by Crippen LogP contribution is -2.37. The van der Waals surface area contributed by atoms with E-state index in [1.165, 1.54) is 5.56 Å². The molecule has 22 heavy (non-hydrogen) atoms. The second-order valence-corrected chi connectivity index (χ2v) is 5.95. The summed E-state index contributed by atoms with van der Waals surface area (Å²) in [6, 6.07) is 6.10. The summed E-state index contributed by atoms with van der Waals surface area (Å²) < 4.78 is 5.49. The molecule has 5 nitrogen and oxygen atoms in total. The zero-order valence-electron chi connectivity index (χ0n) is 12.6. The quantitative estimate of drug-likeness (QED) is 0.905. The lowest BCUT2D eigenvalue weighted by molar-refractivity contribution is -0.137. The molecule has 1 atom stereocenters. The molecule has 1 unspecified atom stereocenters. The van der Waals surface area contributed by atoms with E-state index in [1.807, 2.05) is 17.0 Å². The van der Waals surface area contributed by atoms with Crippen LogP contribution in [0.2, 0.25) is 0 Å². The molecule has 3 rings (SSSR count). The van der Waals surface area contributed by atoms with Crippen molar-refractivity contribution in [3.05, 3.63) is 29.3 Å². The maximum Gasteiger partial charge on any atom is 0.303 e. The SMILES string of the molecule is O=C(O)CCCc1ccc2c(c1)CCN2C(=O)C1CCCO1. The highest BCUT2D eigenvalue weighted by molar-refractivity contribution is 5.98. The Morgan fingerprint density at radius 3 is 2.95 bits per heavy atom. The number of carboxylic acid groups (broad SMARTS) is 1. The van der Waals surface area contributed by atoms with Gasteiger partial charge in [0.1, 0.15) is 6.10 Å². The number of aryl methyl sites for hydroxylation is 1. The molecule has 0 aliphatic carbocycles. The van der Waals surface area contributed by atoms with Crippen LogP contribution in [0.1, 0.15) is 36.8 Å². The van der Waals surface area contributed by atoms with Gasteiger partial charge in [0.05, 0.1) is 0 Å². The van der Waals surface area contributed by atoms with Crippen LogP contribution < -0.4 is 4.90 Å². The molecule has 1 fully saturated rings. The van der Waals surface area contributed by atoms with E-state index in [0.29, 0.717) is 19.6 Å². The number of rotatable bonds is 5. The lowest BCUT2D eigenvalue weighted by atomic mass is 10.0. The highest BCUT2D eigenvalue weighted by Gasteiger charge is 2.32. The Morgan fingerprint density at radius 2 is 2.23 bits per heavy atom. The second-order valence-electron chi connectivity index (χ2n) is 5.95. The summed E-state index contributed by atoms with van der Waals surface area (Å²) in [6.07, 6.45) is 3.96. The number of aliphatic carboxylic acids is 1. The molecule has 1 aromatic rings. The van der Waals surface area contributed by atoms with E-state index in [1.54, 1.807) is 0 Å². The third kappa shape index (κ3) is 3.14. The molecule has 0 radical (unpaired) electrons. The van der Waals surface area contributed by atoms with Crippen molar-refractivity contribution in [3.8, 4) is 0 Å². The van der Waals surface area contributed by atoms with Crippen molar-refractivity contribution in [1.29, 1.82) is 0 Å². The number of carboxylic acids is 1. The Hall–Kier alpha value is -1.88. The van der Waals surface area contributed by atoms with Crippen molar-refractivity contribution in [2.75, 3.05) is 18.1 Å². The number of amides is 1. The van der Waals surface area contributed by atoms with Crippen molar-refractivity contribution in [2.45, 2.75) is 44.6 Å². The third-order valence-electron chi connectivity index (χ3n) is 4.37. The van der Waals surface area contributed by atoms with Crippen LogP contribution in [0.5, 0.6) is 0 Å². The summed E-state index contributed by atoms with van der Waals surface area (Å²) in [7, 11) is 0. The number of ether oxygens (including phenoxy) is 1. The van der Waals surface area contributed by atoms with Crippen LogP contribution in [0.15, 0.2) is 18.2 Å². The summed E-state index contributed by atoms with van der Waals surface area (Å²) in [5.74, 6) is -0.677. The number of carbonyl (C=O) groups is 2. The van der Waals surface area contributed by atoms with Crippen molar-refractivity contribution < 1.29 is 19.4 Å². The first-order valence-corrected chi connectivity index (χ1v) is 7.92. The molecule has 5 heteroatoms. The van der Waals surface area contributed by atoms with E-state index in [0.717, 1.165) is 36.9 Å². The Morgan fingerprint density at radius 1 is 1.36 bits per heavy atom. The van der Waals surface area contributed by atoms with Gasteiger partial charge < -0.3 is 14.7 Å². The van der Waals surface area contributed by atoms with Crippen LogP contribution in [0, 0.1) is 0 Å². The molecule has 0 spiro atoms. The summed E-state index contributed by atoms with van der Waals surface area (Å²) in [5.41, 5.74) is 3.31. The predicted octanol–water partition coefficient (Wildman–Crippen LogP) is 2.16. The van der Waals surface area contributed by atoms with Gasteiger partial charge in [-0.3, -0.25) is 9.59 Å². The van der Waals surface area contributed by atoms with Crippen molar-refractivity contribution >= 4 is 17.6 Å². The average molecular weight is 303 g/mol. The van der Waals surface area contributed by atoms with Gasteiger partial charge in [-0.25, -0.2) is 0 Å². The zero-order chi connectivity index (χ0) is 15.5. The Kier molecular flexibility index (Phi) is 4.43. The minimum absolute atomic E-state index is 0.0786. The number of benzene rings is 1. The van der Waals surface area contributed by atoms with E-state index >= 15 is 0 Å². The molecule has 1 aromatic carbocycles. The Balaban J connectivity index is 1.67. The maximum absolute atomic E-state index is 12.5. The van der Waals surface area contributed by atoms with Gasteiger partial charge in [0, 0.05) is 25.3 Å². The van der Waals surface area contributed by atoms with E-state index in [4.69, 9.17) is 9.84 Å². The van der Waals surface area contributed by atoms with Crippen LogP contribution >= 0.6 is 0 Å². The smallest absolute Gasteiger partial charge is 0.303 e. The standard InChI is InChI=1S/C17H21NO4/c19-16(20)5-1-3-12-6-7-14-13(11-12)8-9-18(14)17(21)15-4-2-10-22-15/h6-7,11,15H,1-5,8-10H2,(H,19,20). The fourth-order valence-electron chi connectivity index (χ4n) is 3.23. The molecule has 1 saturated heterocycles. The molecule has 2 aliphatic rings. The summed E-state index contributed by atoms with van der Waals surface area (Å²) in [5, 5.41) is 8.69. The van der Waals surface area contributed by atoms with Gasteiger partial charge in [0.25, 0.3) is 5.91 Å². The van der Waals surface area contributed by atoms with Crippen LogP contribution in [0.25, 0.3) is 0 Å². The molecule has 0 bridgehead atoms. The van der Waals surface area contributed by atoms with Crippen molar-refractivity contribution in [1.82, 2.24) is 0 Å². The summed E-state index contributed by atoms with van der Waals surface area (Å²) in [4.78, 5) is 24.9. The fraction of sp³-hybridized carbons (Fsp3) is 0.529. The summed E-state index contributed by atoms with van der Waals surface area (Å²) in [6.45, 7) is 1.40. The minimum Gasteiger partial charge on any atom is -0.481 e. The van der Waals surface area contributed by atoms with Gasteiger partial charge in [-0.2, -0.15) is 0 Å². The Bertz CT molecular complexity index is 578. The van der Waals surface area contributed by atoms with E-state index in [-0.39, 0.29) is 18.4 Å². The van der Waals surface area contributed by atoms with Gasteiger partial charge in [0.2, 0.25) is 0 Å².